The molecule has 0 spiro atoms. The molecule has 2 bridgehead atoms. The molecule has 1 aliphatic heterocycles. The van der Waals surface area contributed by atoms with E-state index in [1.54, 1.807) is 24.3 Å². The molecule has 4 atom stereocenters. The van der Waals surface area contributed by atoms with Crippen molar-refractivity contribution in [1.29, 1.82) is 0 Å². The van der Waals surface area contributed by atoms with E-state index in [2.05, 4.69) is 21.4 Å². The summed E-state index contributed by atoms with van der Waals surface area (Å²) in [7, 11) is 0. The number of nitrogens with one attached hydrogen (secondary N) is 1. The first-order chi connectivity index (χ1) is 10.6. The third-order valence-electron chi connectivity index (χ3n) is 4.79. The summed E-state index contributed by atoms with van der Waals surface area (Å²) >= 11 is 3.30. The number of imide groups is 1. The van der Waals surface area contributed by atoms with Crippen molar-refractivity contribution in [2.45, 2.75) is 6.42 Å². The van der Waals surface area contributed by atoms with E-state index in [0.29, 0.717) is 5.56 Å². The summed E-state index contributed by atoms with van der Waals surface area (Å²) < 4.78 is 0.856. The Labute approximate surface area is 135 Å². The number of halogens is 1. The van der Waals surface area contributed by atoms with Gasteiger partial charge in [-0.05, 0) is 42.5 Å². The smallest absolute Gasteiger partial charge is 0.270 e. The highest BCUT2D eigenvalue weighted by Gasteiger charge is 2.59. The molecule has 3 amide bonds. The minimum Gasteiger partial charge on any atom is -0.272 e. The highest BCUT2D eigenvalue weighted by molar-refractivity contribution is 9.10. The van der Waals surface area contributed by atoms with Gasteiger partial charge in [-0.1, -0.05) is 28.1 Å². The Morgan fingerprint density at radius 3 is 2.14 bits per heavy atom. The van der Waals surface area contributed by atoms with Crippen LogP contribution in [0.25, 0.3) is 0 Å². The number of carbonyl (C=O) groups is 3. The highest BCUT2D eigenvalue weighted by Crippen LogP contribution is 2.52. The molecule has 2 aliphatic carbocycles. The molecule has 1 saturated carbocycles. The molecule has 1 aromatic carbocycles. The SMILES string of the molecule is O=C(NN1C(=O)[C@@H]2[C@@H](C1=O)[C@H]1C=C[C@@H]2C1)c1ccc(Br)cc1. The first kappa shape index (κ1) is 13.7. The van der Waals surface area contributed by atoms with E-state index in [1.165, 1.54) is 0 Å². The van der Waals surface area contributed by atoms with Crippen LogP contribution in [-0.2, 0) is 9.59 Å². The summed E-state index contributed by atoms with van der Waals surface area (Å²) in [6.07, 6.45) is 4.93. The molecule has 3 aliphatic rings. The second-order valence-electron chi connectivity index (χ2n) is 5.96. The van der Waals surface area contributed by atoms with Gasteiger partial charge in [0.15, 0.2) is 0 Å². The number of amides is 3. The molecule has 112 valence electrons. The van der Waals surface area contributed by atoms with E-state index < -0.39 is 5.91 Å². The fourth-order valence-corrected chi connectivity index (χ4v) is 4.04. The lowest BCUT2D eigenvalue weighted by Gasteiger charge is -2.18. The minimum absolute atomic E-state index is 0.140. The van der Waals surface area contributed by atoms with Crippen molar-refractivity contribution < 1.29 is 14.4 Å². The second-order valence-corrected chi connectivity index (χ2v) is 6.88. The van der Waals surface area contributed by atoms with Crippen LogP contribution >= 0.6 is 15.9 Å². The summed E-state index contributed by atoms with van der Waals surface area (Å²) in [5.41, 5.74) is 2.87. The van der Waals surface area contributed by atoms with Gasteiger partial charge in [-0.15, -0.1) is 0 Å². The van der Waals surface area contributed by atoms with Crippen molar-refractivity contribution in [3.8, 4) is 0 Å². The lowest BCUT2D eigenvalue weighted by molar-refractivity contribution is -0.143. The Bertz CT molecular complexity index is 683. The highest BCUT2D eigenvalue weighted by atomic mass is 79.9. The number of carbonyl (C=O) groups excluding carboxylic acids is 3. The number of fused-ring (bicyclic) bond motifs is 5. The molecular formula is C16H13BrN2O3. The molecule has 5 nitrogen and oxygen atoms in total. The molecule has 2 fully saturated rings. The Morgan fingerprint density at radius 2 is 1.59 bits per heavy atom. The third-order valence-corrected chi connectivity index (χ3v) is 5.32. The van der Waals surface area contributed by atoms with E-state index in [0.717, 1.165) is 15.9 Å². The first-order valence-corrected chi connectivity index (χ1v) is 7.98. The number of allylic oxidation sites excluding steroid dienone is 2. The van der Waals surface area contributed by atoms with Gasteiger partial charge in [-0.2, -0.15) is 5.01 Å². The topological polar surface area (TPSA) is 66.5 Å². The molecule has 0 radical (unpaired) electrons. The van der Waals surface area contributed by atoms with Gasteiger partial charge >= 0.3 is 0 Å². The predicted molar refractivity (Wildman–Crippen MR) is 81.2 cm³/mol. The van der Waals surface area contributed by atoms with E-state index in [-0.39, 0.29) is 35.5 Å². The van der Waals surface area contributed by atoms with Gasteiger partial charge in [0.1, 0.15) is 0 Å². The first-order valence-electron chi connectivity index (χ1n) is 7.19. The fraction of sp³-hybridized carbons (Fsp3) is 0.312. The van der Waals surface area contributed by atoms with Gasteiger partial charge in [0.05, 0.1) is 11.8 Å². The zero-order valence-corrected chi connectivity index (χ0v) is 13.1. The van der Waals surface area contributed by atoms with Gasteiger partial charge in [0, 0.05) is 10.0 Å². The van der Waals surface area contributed by atoms with Crippen molar-refractivity contribution in [2.24, 2.45) is 23.7 Å². The van der Waals surface area contributed by atoms with Gasteiger partial charge in [0.2, 0.25) is 0 Å². The monoisotopic (exact) mass is 360 g/mol. The van der Waals surface area contributed by atoms with Crippen LogP contribution in [0.15, 0.2) is 40.9 Å². The zero-order chi connectivity index (χ0) is 15.4. The van der Waals surface area contributed by atoms with Crippen molar-refractivity contribution in [1.82, 2.24) is 10.4 Å². The van der Waals surface area contributed by atoms with Crippen molar-refractivity contribution in [3.05, 3.63) is 46.5 Å². The average molecular weight is 361 g/mol. The Balaban J connectivity index is 1.54. The van der Waals surface area contributed by atoms with Crippen molar-refractivity contribution >= 4 is 33.7 Å². The molecule has 1 heterocycles. The van der Waals surface area contributed by atoms with E-state index >= 15 is 0 Å². The summed E-state index contributed by atoms with van der Waals surface area (Å²) in [6.45, 7) is 0. The number of hydrogen-bond donors (Lipinski definition) is 1. The molecular weight excluding hydrogens is 348 g/mol. The molecule has 6 heteroatoms. The lowest BCUT2D eigenvalue weighted by Crippen LogP contribution is -2.47. The molecule has 22 heavy (non-hydrogen) atoms. The summed E-state index contributed by atoms with van der Waals surface area (Å²) in [5, 5.41) is 0.922. The van der Waals surface area contributed by atoms with Crippen molar-refractivity contribution in [3.63, 3.8) is 0 Å². The van der Waals surface area contributed by atoms with Gasteiger partial charge in [-0.25, -0.2) is 0 Å². The third kappa shape index (κ3) is 1.86. The van der Waals surface area contributed by atoms with Crippen LogP contribution in [0.4, 0.5) is 0 Å². The number of rotatable bonds is 2. The fourth-order valence-electron chi connectivity index (χ4n) is 3.78. The van der Waals surface area contributed by atoms with Gasteiger partial charge in [0.25, 0.3) is 17.7 Å². The molecule has 0 aromatic heterocycles. The number of nitrogens with zero attached hydrogens (tertiary/aromatic N) is 1. The van der Waals surface area contributed by atoms with Crippen LogP contribution in [0.2, 0.25) is 0 Å². The van der Waals surface area contributed by atoms with Gasteiger partial charge < -0.3 is 0 Å². The molecule has 1 aromatic rings. The summed E-state index contributed by atoms with van der Waals surface area (Å²) in [6, 6.07) is 6.75. The van der Waals surface area contributed by atoms with E-state index in [4.69, 9.17) is 0 Å². The number of hydrogen-bond acceptors (Lipinski definition) is 3. The van der Waals surface area contributed by atoms with Crippen LogP contribution < -0.4 is 5.43 Å². The molecule has 4 rings (SSSR count). The lowest BCUT2D eigenvalue weighted by atomic mass is 9.85. The maximum Gasteiger partial charge on any atom is 0.270 e. The maximum absolute atomic E-state index is 12.5. The summed E-state index contributed by atoms with van der Waals surface area (Å²) in [4.78, 5) is 37.1. The summed E-state index contributed by atoms with van der Waals surface area (Å²) in [5.74, 6) is -1.33. The molecule has 1 saturated heterocycles. The largest absolute Gasteiger partial charge is 0.272 e. The predicted octanol–water partition coefficient (Wildman–Crippen LogP) is 1.90. The van der Waals surface area contributed by atoms with E-state index in [9.17, 15) is 14.4 Å². The van der Waals surface area contributed by atoms with Crippen LogP contribution in [0, 0.1) is 23.7 Å². The maximum atomic E-state index is 12.5. The normalized spacial score (nSPS) is 31.8. The number of hydrazine groups is 1. The molecule has 0 unspecified atom stereocenters. The number of benzene rings is 1. The average Bonchev–Trinajstić information content (AvgIpc) is 3.17. The Hall–Kier alpha value is -1.95. The zero-order valence-electron chi connectivity index (χ0n) is 11.5. The minimum atomic E-state index is -0.450. The second kappa shape index (κ2) is 4.78. The van der Waals surface area contributed by atoms with Crippen LogP contribution in [-0.4, -0.2) is 22.7 Å². The Morgan fingerprint density at radius 1 is 1.05 bits per heavy atom. The standard InChI is InChI=1S/C16H13BrN2O3/c17-11-5-3-8(4-6-11)14(20)18-19-15(21)12-9-1-2-10(7-9)13(12)16(19)22/h1-6,9-10,12-13H,7H2,(H,18,20)/t9-,10+,12-,13-/m0/s1. The quantitative estimate of drug-likeness (QED) is 0.646. The van der Waals surface area contributed by atoms with E-state index in [1.807, 2.05) is 12.2 Å². The Kier molecular flexibility index (Phi) is 2.97. The van der Waals surface area contributed by atoms with Crippen molar-refractivity contribution in [2.75, 3.05) is 0 Å². The van der Waals surface area contributed by atoms with Crippen LogP contribution in [0.1, 0.15) is 16.8 Å². The van der Waals surface area contributed by atoms with Crippen LogP contribution in [0.5, 0.6) is 0 Å². The van der Waals surface area contributed by atoms with Crippen LogP contribution in [0.3, 0.4) is 0 Å². The molecule has 1 N–H and O–H groups in total. The van der Waals surface area contributed by atoms with Gasteiger partial charge in [-0.3, -0.25) is 19.8 Å².